The molecule has 0 spiro atoms. The van der Waals surface area contributed by atoms with Crippen LogP contribution in [0.2, 0.25) is 5.02 Å². The first-order valence-corrected chi connectivity index (χ1v) is 7.07. The molecule has 1 unspecified atom stereocenters. The molecule has 2 aromatic rings. The smallest absolute Gasteiger partial charge is 0.123 e. The predicted molar refractivity (Wildman–Crippen MR) is 82.8 cm³/mol. The van der Waals surface area contributed by atoms with Crippen LogP contribution in [0.25, 0.3) is 0 Å². The van der Waals surface area contributed by atoms with Crippen LogP contribution in [0.4, 0.5) is 4.39 Å². The topological polar surface area (TPSA) is 12.0 Å². The molecular formula is C17H19ClFN. The van der Waals surface area contributed by atoms with E-state index >= 15 is 0 Å². The fourth-order valence-electron chi connectivity index (χ4n) is 2.46. The van der Waals surface area contributed by atoms with Gasteiger partial charge in [-0.3, -0.25) is 0 Å². The fraction of sp³-hybridized carbons (Fsp3) is 0.294. The molecule has 0 aliphatic heterocycles. The summed E-state index contributed by atoms with van der Waals surface area (Å²) in [4.78, 5) is 0. The van der Waals surface area contributed by atoms with Crippen LogP contribution >= 0.6 is 11.6 Å². The molecule has 0 fully saturated rings. The highest BCUT2D eigenvalue weighted by Gasteiger charge is 2.14. The quantitative estimate of drug-likeness (QED) is 0.868. The van der Waals surface area contributed by atoms with Crippen molar-refractivity contribution in [1.29, 1.82) is 0 Å². The Hall–Kier alpha value is -1.38. The van der Waals surface area contributed by atoms with Gasteiger partial charge >= 0.3 is 0 Å². The van der Waals surface area contributed by atoms with E-state index in [2.05, 4.69) is 12.2 Å². The van der Waals surface area contributed by atoms with Gasteiger partial charge in [0.05, 0.1) is 0 Å². The lowest BCUT2D eigenvalue weighted by molar-refractivity contribution is 0.584. The number of benzene rings is 2. The Balaban J connectivity index is 2.31. The van der Waals surface area contributed by atoms with Gasteiger partial charge in [-0.1, -0.05) is 23.7 Å². The van der Waals surface area contributed by atoms with Crippen molar-refractivity contribution in [2.45, 2.75) is 26.3 Å². The van der Waals surface area contributed by atoms with E-state index in [1.807, 2.05) is 38.2 Å². The molecule has 0 amide bonds. The van der Waals surface area contributed by atoms with Crippen LogP contribution in [0.15, 0.2) is 36.4 Å². The first-order chi connectivity index (χ1) is 9.51. The van der Waals surface area contributed by atoms with E-state index in [0.717, 1.165) is 22.6 Å². The van der Waals surface area contributed by atoms with Gasteiger partial charge in [-0.05, 0) is 73.8 Å². The number of aryl methyl sites for hydroxylation is 2. The van der Waals surface area contributed by atoms with Crippen molar-refractivity contribution in [3.8, 4) is 0 Å². The summed E-state index contributed by atoms with van der Waals surface area (Å²) < 4.78 is 13.2. The van der Waals surface area contributed by atoms with Crippen LogP contribution < -0.4 is 5.32 Å². The fourth-order valence-corrected chi connectivity index (χ4v) is 2.64. The van der Waals surface area contributed by atoms with Gasteiger partial charge in [-0.25, -0.2) is 4.39 Å². The lowest BCUT2D eigenvalue weighted by Crippen LogP contribution is -2.20. The lowest BCUT2D eigenvalue weighted by atomic mass is 9.93. The zero-order chi connectivity index (χ0) is 14.7. The maximum atomic E-state index is 13.2. The number of hydrogen-bond donors (Lipinski definition) is 1. The molecule has 0 aliphatic rings. The Bertz CT molecular complexity index is 610. The summed E-state index contributed by atoms with van der Waals surface area (Å²) in [5, 5.41) is 4.06. The van der Waals surface area contributed by atoms with Crippen LogP contribution in [0.5, 0.6) is 0 Å². The second-order valence-corrected chi connectivity index (χ2v) is 5.55. The number of nitrogens with one attached hydrogen (secondary N) is 1. The summed E-state index contributed by atoms with van der Waals surface area (Å²) in [7, 11) is 1.93. The molecule has 1 atom stereocenters. The van der Waals surface area contributed by atoms with Crippen molar-refractivity contribution >= 4 is 11.6 Å². The Morgan fingerprint density at radius 2 is 1.85 bits per heavy atom. The molecule has 0 saturated carbocycles. The molecular weight excluding hydrogens is 273 g/mol. The maximum absolute atomic E-state index is 13.2. The van der Waals surface area contributed by atoms with E-state index in [4.69, 9.17) is 11.6 Å². The highest BCUT2D eigenvalue weighted by molar-refractivity contribution is 6.30. The van der Waals surface area contributed by atoms with Crippen molar-refractivity contribution < 1.29 is 4.39 Å². The lowest BCUT2D eigenvalue weighted by Gasteiger charge is -2.20. The zero-order valence-electron chi connectivity index (χ0n) is 12.0. The van der Waals surface area contributed by atoms with Crippen LogP contribution in [0.3, 0.4) is 0 Å². The first kappa shape index (κ1) is 15.0. The van der Waals surface area contributed by atoms with Crippen LogP contribution in [0.1, 0.15) is 28.3 Å². The van der Waals surface area contributed by atoms with E-state index in [1.165, 1.54) is 17.2 Å². The third-order valence-electron chi connectivity index (χ3n) is 3.69. The molecule has 2 aromatic carbocycles. The molecule has 0 aromatic heterocycles. The molecule has 1 nitrogen and oxygen atoms in total. The molecule has 0 radical (unpaired) electrons. The Labute approximate surface area is 124 Å². The first-order valence-electron chi connectivity index (χ1n) is 6.69. The van der Waals surface area contributed by atoms with Gasteiger partial charge in [0.15, 0.2) is 0 Å². The van der Waals surface area contributed by atoms with E-state index in [0.29, 0.717) is 0 Å². The number of hydrogen-bond acceptors (Lipinski definition) is 1. The van der Waals surface area contributed by atoms with Crippen LogP contribution in [-0.4, -0.2) is 7.05 Å². The summed E-state index contributed by atoms with van der Waals surface area (Å²) in [5.74, 6) is -0.189. The van der Waals surface area contributed by atoms with Gasteiger partial charge in [0, 0.05) is 11.1 Å². The van der Waals surface area contributed by atoms with Gasteiger partial charge in [-0.2, -0.15) is 0 Å². The summed E-state index contributed by atoms with van der Waals surface area (Å²) in [5.41, 5.74) is 4.51. The molecule has 1 N–H and O–H groups in total. The largest absolute Gasteiger partial charge is 0.313 e. The van der Waals surface area contributed by atoms with Gasteiger partial charge in [0.2, 0.25) is 0 Å². The second-order valence-electron chi connectivity index (χ2n) is 5.12. The molecule has 106 valence electrons. The van der Waals surface area contributed by atoms with Crippen molar-refractivity contribution in [1.82, 2.24) is 5.32 Å². The molecule has 0 aliphatic carbocycles. The summed E-state index contributed by atoms with van der Waals surface area (Å²) in [6.45, 7) is 4.02. The summed E-state index contributed by atoms with van der Waals surface area (Å²) >= 11 is 6.10. The molecule has 2 rings (SSSR count). The van der Waals surface area contributed by atoms with Crippen LogP contribution in [0, 0.1) is 19.7 Å². The van der Waals surface area contributed by atoms with E-state index < -0.39 is 0 Å². The monoisotopic (exact) mass is 291 g/mol. The van der Waals surface area contributed by atoms with E-state index in [9.17, 15) is 4.39 Å². The molecule has 0 saturated heterocycles. The Morgan fingerprint density at radius 1 is 1.10 bits per heavy atom. The molecule has 3 heteroatoms. The number of rotatable bonds is 4. The highest BCUT2D eigenvalue weighted by atomic mass is 35.5. The van der Waals surface area contributed by atoms with Gasteiger partial charge in [0.25, 0.3) is 0 Å². The maximum Gasteiger partial charge on any atom is 0.123 e. The Kier molecular flexibility index (Phi) is 4.79. The highest BCUT2D eigenvalue weighted by Crippen LogP contribution is 2.26. The summed E-state index contributed by atoms with van der Waals surface area (Å²) in [6, 6.07) is 11.0. The SMILES string of the molecule is CNC(Cc1ccc(F)cc1C)c1cc(Cl)ccc1C. The third kappa shape index (κ3) is 3.38. The van der Waals surface area contributed by atoms with Gasteiger partial charge < -0.3 is 5.32 Å². The minimum Gasteiger partial charge on any atom is -0.313 e. The van der Waals surface area contributed by atoms with Crippen molar-refractivity contribution in [2.24, 2.45) is 0 Å². The average Bonchev–Trinajstić information content (AvgIpc) is 2.41. The normalized spacial score (nSPS) is 12.4. The van der Waals surface area contributed by atoms with E-state index in [1.54, 1.807) is 6.07 Å². The molecule has 20 heavy (non-hydrogen) atoms. The van der Waals surface area contributed by atoms with Crippen molar-refractivity contribution in [2.75, 3.05) is 7.05 Å². The van der Waals surface area contributed by atoms with Crippen molar-refractivity contribution in [3.05, 3.63) is 69.5 Å². The third-order valence-corrected chi connectivity index (χ3v) is 3.93. The summed E-state index contributed by atoms with van der Waals surface area (Å²) in [6.07, 6.45) is 0.809. The second kappa shape index (κ2) is 6.38. The number of likely N-dealkylation sites (N-methyl/N-ethyl adjacent to an activating group) is 1. The van der Waals surface area contributed by atoms with Crippen LogP contribution in [-0.2, 0) is 6.42 Å². The zero-order valence-corrected chi connectivity index (χ0v) is 12.8. The minimum absolute atomic E-state index is 0.165. The number of halogens is 2. The standard InChI is InChI=1S/C17H19ClFN/c1-11-4-6-14(18)10-16(11)17(20-3)9-13-5-7-15(19)8-12(13)2/h4-8,10,17,20H,9H2,1-3H3. The average molecular weight is 292 g/mol. The van der Waals surface area contributed by atoms with E-state index in [-0.39, 0.29) is 11.9 Å². The van der Waals surface area contributed by atoms with Gasteiger partial charge in [0.1, 0.15) is 5.82 Å². The van der Waals surface area contributed by atoms with Crippen molar-refractivity contribution in [3.63, 3.8) is 0 Å². The molecule has 0 bridgehead atoms. The molecule has 0 heterocycles. The Morgan fingerprint density at radius 3 is 2.50 bits per heavy atom. The van der Waals surface area contributed by atoms with Gasteiger partial charge in [-0.15, -0.1) is 0 Å². The predicted octanol–water partition coefficient (Wildman–Crippen LogP) is 4.60. The minimum atomic E-state index is -0.189.